The number of hydrogen-bond acceptors (Lipinski definition) is 2. The zero-order chi connectivity index (χ0) is 10.8. The van der Waals surface area contributed by atoms with Gasteiger partial charge < -0.3 is 13.4 Å². The Balaban J connectivity index is 3.05. The molecule has 0 aliphatic rings. The van der Waals surface area contributed by atoms with Crippen molar-refractivity contribution in [3.8, 4) is 5.75 Å². The average Bonchev–Trinajstić information content (AvgIpc) is 2.06. The molecule has 1 rings (SSSR count). The summed E-state index contributed by atoms with van der Waals surface area (Å²) in [5, 5.41) is 0. The van der Waals surface area contributed by atoms with Gasteiger partial charge in [0.15, 0.2) is 5.75 Å². The Morgan fingerprint density at radius 3 is 2.71 bits per heavy atom. The number of pyridine rings is 1. The zero-order valence-electron chi connectivity index (χ0n) is 8.58. The van der Waals surface area contributed by atoms with Crippen molar-refractivity contribution in [2.45, 2.75) is 19.3 Å². The quantitative estimate of drug-likeness (QED) is 0.566. The molecule has 0 aromatic carbocycles. The molecule has 14 heavy (non-hydrogen) atoms. The summed E-state index contributed by atoms with van der Waals surface area (Å²) in [5.41, 5.74) is -0.270. The summed E-state index contributed by atoms with van der Waals surface area (Å²) in [4.78, 5) is 11.6. The second-order valence-electron chi connectivity index (χ2n) is 3.73. The lowest BCUT2D eigenvalue weighted by Crippen LogP contribution is -2.33. The molecule has 1 aromatic rings. The summed E-state index contributed by atoms with van der Waals surface area (Å²) < 4.78 is 19.7. The smallest absolute Gasteiger partial charge is 0.292 e. The number of nitrogens with zero attached hydrogens (tertiary/aromatic N) is 1. The first-order chi connectivity index (χ1) is 6.44. The van der Waals surface area contributed by atoms with Crippen molar-refractivity contribution >= 4 is 8.41 Å². The monoisotopic (exact) mass is 215 g/mol. The van der Waals surface area contributed by atoms with Crippen LogP contribution in [0, 0.1) is 0 Å². The maximum absolute atomic E-state index is 13.4. The molecule has 0 unspecified atom stereocenters. The van der Waals surface area contributed by atoms with E-state index in [-0.39, 0.29) is 17.5 Å². The molecule has 0 saturated carbocycles. The molecule has 0 amide bonds. The first-order valence-corrected chi connectivity index (χ1v) is 7.45. The third kappa shape index (κ3) is 2.70. The van der Waals surface area contributed by atoms with Crippen LogP contribution >= 0.6 is 0 Å². The van der Waals surface area contributed by atoms with Gasteiger partial charge in [-0.2, -0.15) is 0 Å². The van der Waals surface area contributed by atoms with Crippen LogP contribution in [0.1, 0.15) is 0 Å². The summed E-state index contributed by atoms with van der Waals surface area (Å²) >= 11 is 0. The van der Waals surface area contributed by atoms with Gasteiger partial charge in [-0.15, -0.1) is 0 Å². The Bertz CT molecular complexity index is 370. The van der Waals surface area contributed by atoms with Gasteiger partial charge in [0.2, 0.25) is 0 Å². The van der Waals surface area contributed by atoms with Crippen molar-refractivity contribution in [1.82, 2.24) is 4.57 Å². The summed E-state index contributed by atoms with van der Waals surface area (Å²) in [7, 11) is -1.33. The second-order valence-corrected chi connectivity index (χ2v) is 7.48. The first-order valence-electron chi connectivity index (χ1n) is 4.36. The fraction of sp³-hybridized carbons (Fsp3) is 0.444. The molecule has 78 valence electrons. The number of halogens is 1. The highest BCUT2D eigenvalue weighted by molar-refractivity contribution is 6.69. The van der Waals surface area contributed by atoms with Gasteiger partial charge in [-0.25, -0.2) is 0 Å². The molecular weight excluding hydrogens is 201 g/mol. The Labute approximate surface area is 83.3 Å². The normalized spacial score (nSPS) is 11.4. The molecule has 0 bridgehead atoms. The summed E-state index contributed by atoms with van der Waals surface area (Å²) in [6.45, 7) is 3.14. The van der Waals surface area contributed by atoms with Crippen LogP contribution < -0.4 is 10.3 Å². The van der Waals surface area contributed by atoms with Crippen molar-refractivity contribution in [2.24, 2.45) is 0 Å². The van der Waals surface area contributed by atoms with Crippen LogP contribution in [0.5, 0.6) is 5.75 Å². The van der Waals surface area contributed by atoms with Crippen LogP contribution in [0.25, 0.3) is 0 Å². The summed E-state index contributed by atoms with van der Waals surface area (Å²) in [5.74, 6) is 0.255. The van der Waals surface area contributed by atoms with Crippen molar-refractivity contribution < 1.29 is 8.84 Å². The topological polar surface area (TPSA) is 31.2 Å². The molecule has 0 atom stereocenters. The molecule has 0 aliphatic carbocycles. The van der Waals surface area contributed by atoms with Gasteiger partial charge in [-0.3, -0.25) is 4.79 Å². The van der Waals surface area contributed by atoms with Gasteiger partial charge in [-0.1, -0.05) is 0 Å². The molecule has 0 spiro atoms. The minimum absolute atomic E-state index is 0.170. The molecular formula is C9H14FNO2Si. The number of rotatable bonds is 3. The fourth-order valence-electron chi connectivity index (χ4n) is 1.20. The Hall–Kier alpha value is -1.10. The van der Waals surface area contributed by atoms with E-state index in [1.165, 1.54) is 11.7 Å². The number of ether oxygens (including phenoxy) is 1. The van der Waals surface area contributed by atoms with E-state index in [1.54, 1.807) is 31.4 Å². The highest BCUT2D eigenvalue weighted by Crippen LogP contribution is 2.07. The molecule has 0 fully saturated rings. The van der Waals surface area contributed by atoms with Gasteiger partial charge >= 0.3 is 0 Å². The SMILES string of the molecule is COc1cccn(C[Si](C)(C)F)c1=O. The molecule has 0 saturated heterocycles. The van der Waals surface area contributed by atoms with E-state index >= 15 is 0 Å². The molecule has 1 heterocycles. The van der Waals surface area contributed by atoms with Gasteiger partial charge in [0.05, 0.1) is 7.11 Å². The molecule has 0 aliphatic heterocycles. The number of methoxy groups -OCH3 is 1. The predicted molar refractivity (Wildman–Crippen MR) is 55.8 cm³/mol. The minimum Gasteiger partial charge on any atom is -0.491 e. The zero-order valence-corrected chi connectivity index (χ0v) is 9.58. The minimum atomic E-state index is -2.76. The van der Waals surface area contributed by atoms with E-state index in [0.29, 0.717) is 0 Å². The van der Waals surface area contributed by atoms with Crippen LogP contribution in [0.3, 0.4) is 0 Å². The number of hydrogen-bond donors (Lipinski definition) is 0. The van der Waals surface area contributed by atoms with Crippen molar-refractivity contribution in [3.05, 3.63) is 28.7 Å². The van der Waals surface area contributed by atoms with Gasteiger partial charge in [0, 0.05) is 12.4 Å². The highest BCUT2D eigenvalue weighted by Gasteiger charge is 2.21. The third-order valence-electron chi connectivity index (χ3n) is 1.75. The second kappa shape index (κ2) is 3.96. The summed E-state index contributed by atoms with van der Waals surface area (Å²) in [6, 6.07) is 3.26. The molecule has 3 nitrogen and oxygen atoms in total. The van der Waals surface area contributed by atoms with Crippen molar-refractivity contribution in [3.63, 3.8) is 0 Å². The van der Waals surface area contributed by atoms with Gasteiger partial charge in [-0.05, 0) is 25.2 Å². The highest BCUT2D eigenvalue weighted by atomic mass is 28.4. The molecule has 5 heteroatoms. The maximum Gasteiger partial charge on any atom is 0.292 e. The van der Waals surface area contributed by atoms with Gasteiger partial charge in [0.1, 0.15) is 0 Å². The largest absolute Gasteiger partial charge is 0.491 e. The van der Waals surface area contributed by atoms with Crippen molar-refractivity contribution in [1.29, 1.82) is 0 Å². The number of aromatic nitrogens is 1. The Morgan fingerprint density at radius 1 is 1.57 bits per heavy atom. The van der Waals surface area contributed by atoms with Crippen LogP contribution in [0.2, 0.25) is 13.1 Å². The van der Waals surface area contributed by atoms with E-state index in [2.05, 4.69) is 0 Å². The predicted octanol–water partition coefficient (Wildman–Crippen LogP) is 1.57. The lowest BCUT2D eigenvalue weighted by molar-refractivity contribution is 0.404. The lowest BCUT2D eigenvalue weighted by atomic mass is 10.4. The molecule has 0 N–H and O–H groups in total. The van der Waals surface area contributed by atoms with Crippen molar-refractivity contribution in [2.75, 3.05) is 7.11 Å². The van der Waals surface area contributed by atoms with Gasteiger partial charge in [0.25, 0.3) is 14.0 Å². The van der Waals surface area contributed by atoms with Crippen LogP contribution in [-0.2, 0) is 6.17 Å². The van der Waals surface area contributed by atoms with E-state index < -0.39 is 8.41 Å². The van der Waals surface area contributed by atoms with E-state index in [9.17, 15) is 8.90 Å². The molecule has 0 radical (unpaired) electrons. The van der Waals surface area contributed by atoms with Crippen LogP contribution in [-0.4, -0.2) is 20.1 Å². The van der Waals surface area contributed by atoms with Crippen LogP contribution in [0.4, 0.5) is 4.11 Å². The average molecular weight is 215 g/mol. The van der Waals surface area contributed by atoms with E-state index in [0.717, 1.165) is 0 Å². The van der Waals surface area contributed by atoms with E-state index in [4.69, 9.17) is 4.74 Å². The molecule has 1 aromatic heterocycles. The van der Waals surface area contributed by atoms with E-state index in [1.807, 2.05) is 0 Å². The first kappa shape index (κ1) is 11.0. The third-order valence-corrected chi connectivity index (χ3v) is 2.84. The Morgan fingerprint density at radius 2 is 2.21 bits per heavy atom. The van der Waals surface area contributed by atoms with Crippen LogP contribution in [0.15, 0.2) is 23.1 Å². The standard InChI is InChI=1S/C9H14FNO2Si/c1-13-8-5-4-6-11(9(8)12)7-14(2,3)10/h4-6H,7H2,1-3H3. The summed E-state index contributed by atoms with van der Waals surface area (Å²) in [6.07, 6.45) is 1.75. The fourth-order valence-corrected chi connectivity index (χ4v) is 2.26. The maximum atomic E-state index is 13.4. The lowest BCUT2D eigenvalue weighted by Gasteiger charge is -2.13. The Kier molecular flexibility index (Phi) is 3.10.